The second-order valence-corrected chi connectivity index (χ2v) is 8.92. The molecule has 4 rings (SSSR count). The standard InChI is InChI=1S/C24H37N5O2.HI/c1-25-24(27-20-11-12-29(18-20)21-9-5-6-10-21)26-17-22(19-7-3-2-4-8-19)23(30)28-13-15-31-16-14-28;/h2-4,7-8,20-22H,5-6,9-18H2,1H3,(H2,25,26,27);1H. The molecule has 2 N–H and O–H groups in total. The molecule has 178 valence electrons. The highest BCUT2D eigenvalue weighted by molar-refractivity contribution is 14.0. The van der Waals surface area contributed by atoms with Crippen LogP contribution in [-0.4, -0.2) is 86.7 Å². The Morgan fingerprint density at radius 1 is 1.12 bits per heavy atom. The molecule has 0 spiro atoms. The summed E-state index contributed by atoms with van der Waals surface area (Å²) in [6, 6.07) is 11.3. The van der Waals surface area contributed by atoms with Gasteiger partial charge < -0.3 is 20.3 Å². The Bertz CT molecular complexity index is 735. The van der Waals surface area contributed by atoms with Crippen molar-refractivity contribution < 1.29 is 9.53 Å². The topological polar surface area (TPSA) is 69.2 Å². The average molecular weight is 556 g/mol. The highest BCUT2D eigenvalue weighted by Crippen LogP contribution is 2.26. The molecule has 0 radical (unpaired) electrons. The van der Waals surface area contributed by atoms with Crippen LogP contribution in [0, 0.1) is 0 Å². The van der Waals surface area contributed by atoms with Crippen molar-refractivity contribution in [3.63, 3.8) is 0 Å². The molecule has 1 aromatic rings. The fraction of sp³-hybridized carbons (Fsp3) is 0.667. The first-order chi connectivity index (χ1) is 15.2. The van der Waals surface area contributed by atoms with Crippen molar-refractivity contribution in [3.8, 4) is 0 Å². The third-order valence-corrected chi connectivity index (χ3v) is 6.92. The molecule has 8 heteroatoms. The molecule has 1 aliphatic carbocycles. The van der Waals surface area contributed by atoms with Crippen molar-refractivity contribution in [2.75, 3.05) is 53.0 Å². The number of halogens is 1. The molecule has 3 aliphatic rings. The lowest BCUT2D eigenvalue weighted by atomic mass is 9.97. The Morgan fingerprint density at radius 2 is 1.84 bits per heavy atom. The Morgan fingerprint density at radius 3 is 2.53 bits per heavy atom. The SMILES string of the molecule is CN=C(NCC(C(=O)N1CCOCC1)c1ccccc1)NC1CCN(C2CCCC2)C1.I. The Hall–Kier alpha value is -1.39. The largest absolute Gasteiger partial charge is 0.378 e. The van der Waals surface area contributed by atoms with Gasteiger partial charge in [-0.1, -0.05) is 43.2 Å². The predicted octanol–water partition coefficient (Wildman–Crippen LogP) is 2.43. The Kier molecular flexibility index (Phi) is 10.1. The second kappa shape index (κ2) is 12.7. The number of guanidine groups is 1. The Balaban J connectivity index is 0.00000289. The number of carbonyl (C=O) groups excluding carboxylic acids is 1. The summed E-state index contributed by atoms with van der Waals surface area (Å²) in [6.45, 7) is 5.33. The van der Waals surface area contributed by atoms with E-state index in [4.69, 9.17) is 4.74 Å². The molecule has 2 unspecified atom stereocenters. The first-order valence-corrected chi connectivity index (χ1v) is 11.9. The number of benzene rings is 1. The van der Waals surface area contributed by atoms with Crippen molar-refractivity contribution in [3.05, 3.63) is 35.9 Å². The maximum Gasteiger partial charge on any atom is 0.232 e. The maximum atomic E-state index is 13.3. The number of hydrogen-bond donors (Lipinski definition) is 2. The monoisotopic (exact) mass is 555 g/mol. The second-order valence-electron chi connectivity index (χ2n) is 8.92. The van der Waals surface area contributed by atoms with Gasteiger partial charge in [-0.15, -0.1) is 24.0 Å². The molecule has 0 bridgehead atoms. The van der Waals surface area contributed by atoms with Gasteiger partial charge in [0.25, 0.3) is 0 Å². The van der Waals surface area contributed by atoms with Crippen LogP contribution in [0.2, 0.25) is 0 Å². The number of carbonyl (C=O) groups is 1. The molecule has 2 aliphatic heterocycles. The third-order valence-electron chi connectivity index (χ3n) is 6.92. The lowest BCUT2D eigenvalue weighted by molar-refractivity contribution is -0.136. The molecule has 0 aromatic heterocycles. The van der Waals surface area contributed by atoms with Crippen LogP contribution in [0.15, 0.2) is 35.3 Å². The molecule has 2 saturated heterocycles. The third kappa shape index (κ3) is 6.57. The highest BCUT2D eigenvalue weighted by Gasteiger charge is 2.31. The van der Waals surface area contributed by atoms with E-state index in [0.717, 1.165) is 30.5 Å². The molecule has 32 heavy (non-hydrogen) atoms. The average Bonchev–Trinajstić information content (AvgIpc) is 3.52. The normalized spacial score (nSPS) is 23.6. The van der Waals surface area contributed by atoms with E-state index in [0.29, 0.717) is 38.9 Å². The minimum Gasteiger partial charge on any atom is -0.378 e. The van der Waals surface area contributed by atoms with E-state index in [1.165, 1.54) is 32.2 Å². The zero-order valence-corrected chi connectivity index (χ0v) is 21.5. The van der Waals surface area contributed by atoms with E-state index >= 15 is 0 Å². The summed E-state index contributed by atoms with van der Waals surface area (Å²) in [5.41, 5.74) is 1.04. The molecule has 1 aromatic carbocycles. The minimum atomic E-state index is -0.239. The van der Waals surface area contributed by atoms with Crippen molar-refractivity contribution in [2.45, 2.75) is 50.1 Å². The molecule has 2 heterocycles. The van der Waals surface area contributed by atoms with Gasteiger partial charge in [0.15, 0.2) is 5.96 Å². The van der Waals surface area contributed by atoms with Gasteiger partial charge in [0.1, 0.15) is 0 Å². The number of rotatable bonds is 6. The van der Waals surface area contributed by atoms with E-state index in [9.17, 15) is 4.79 Å². The number of ether oxygens (including phenoxy) is 1. The minimum absolute atomic E-state index is 0. The summed E-state index contributed by atoms with van der Waals surface area (Å²) in [5, 5.41) is 7.04. The summed E-state index contributed by atoms with van der Waals surface area (Å²) in [7, 11) is 1.81. The van der Waals surface area contributed by atoms with Crippen molar-refractivity contribution in [2.24, 2.45) is 4.99 Å². The van der Waals surface area contributed by atoms with Gasteiger partial charge in [0.05, 0.1) is 19.1 Å². The van der Waals surface area contributed by atoms with Crippen molar-refractivity contribution in [1.29, 1.82) is 0 Å². The predicted molar refractivity (Wildman–Crippen MR) is 139 cm³/mol. The molecule has 7 nitrogen and oxygen atoms in total. The number of morpholine rings is 1. The van der Waals surface area contributed by atoms with E-state index < -0.39 is 0 Å². The molecule has 3 fully saturated rings. The van der Waals surface area contributed by atoms with Crippen molar-refractivity contribution in [1.82, 2.24) is 20.4 Å². The van der Waals surface area contributed by atoms with E-state index in [1.807, 2.05) is 35.2 Å². The van der Waals surface area contributed by atoms with Gasteiger partial charge in [-0.3, -0.25) is 14.7 Å². The highest BCUT2D eigenvalue weighted by atomic mass is 127. The molecular formula is C24H38IN5O2. The fourth-order valence-electron chi connectivity index (χ4n) is 5.13. The van der Waals surface area contributed by atoms with Crippen molar-refractivity contribution >= 4 is 35.8 Å². The maximum absolute atomic E-state index is 13.3. The summed E-state index contributed by atoms with van der Waals surface area (Å²) >= 11 is 0. The van der Waals surface area contributed by atoms with E-state index in [-0.39, 0.29) is 35.8 Å². The summed E-state index contributed by atoms with van der Waals surface area (Å²) in [4.78, 5) is 22.3. The van der Waals surface area contributed by atoms with Crippen LogP contribution in [0.25, 0.3) is 0 Å². The number of aliphatic imine (C=N–C) groups is 1. The molecule has 1 saturated carbocycles. The van der Waals surface area contributed by atoms with Crippen LogP contribution >= 0.6 is 24.0 Å². The lowest BCUT2D eigenvalue weighted by Crippen LogP contribution is -2.49. The molecule has 2 atom stereocenters. The van der Waals surface area contributed by atoms with Gasteiger partial charge in [-0.05, 0) is 24.8 Å². The van der Waals surface area contributed by atoms with Crippen LogP contribution in [0.5, 0.6) is 0 Å². The van der Waals surface area contributed by atoms with Gasteiger partial charge in [0.2, 0.25) is 5.91 Å². The van der Waals surface area contributed by atoms with Gasteiger partial charge in [-0.2, -0.15) is 0 Å². The van der Waals surface area contributed by atoms with Crippen LogP contribution < -0.4 is 10.6 Å². The number of nitrogens with one attached hydrogen (secondary N) is 2. The molecule has 1 amide bonds. The van der Waals surface area contributed by atoms with Gasteiger partial charge in [-0.25, -0.2) is 0 Å². The van der Waals surface area contributed by atoms with E-state index in [2.05, 4.69) is 20.5 Å². The lowest BCUT2D eigenvalue weighted by Gasteiger charge is -2.31. The van der Waals surface area contributed by atoms with E-state index in [1.54, 1.807) is 7.05 Å². The summed E-state index contributed by atoms with van der Waals surface area (Å²) in [5.74, 6) is 0.705. The zero-order valence-electron chi connectivity index (χ0n) is 19.2. The van der Waals surface area contributed by atoms with Crippen LogP contribution in [-0.2, 0) is 9.53 Å². The first-order valence-electron chi connectivity index (χ1n) is 11.9. The summed E-state index contributed by atoms with van der Waals surface area (Å²) in [6.07, 6.45) is 6.59. The smallest absolute Gasteiger partial charge is 0.232 e. The van der Waals surface area contributed by atoms with Gasteiger partial charge in [0, 0.05) is 51.9 Å². The zero-order chi connectivity index (χ0) is 21.5. The quantitative estimate of drug-likeness (QED) is 0.321. The van der Waals surface area contributed by atoms with Crippen LogP contribution in [0.1, 0.15) is 43.6 Å². The van der Waals surface area contributed by atoms with Crippen LogP contribution in [0.4, 0.5) is 0 Å². The fourth-order valence-corrected chi connectivity index (χ4v) is 5.13. The van der Waals surface area contributed by atoms with Gasteiger partial charge >= 0.3 is 0 Å². The number of nitrogens with zero attached hydrogens (tertiary/aromatic N) is 3. The number of likely N-dealkylation sites (tertiary alicyclic amines) is 1. The Labute approximate surface area is 209 Å². The first kappa shape index (κ1) is 25.2. The number of hydrogen-bond acceptors (Lipinski definition) is 4. The summed E-state index contributed by atoms with van der Waals surface area (Å²) < 4.78 is 5.43. The van der Waals surface area contributed by atoms with Crippen LogP contribution in [0.3, 0.4) is 0 Å². The molecular weight excluding hydrogens is 517 g/mol. The number of amides is 1.